The quantitative estimate of drug-likeness (QED) is 0.873. The summed E-state index contributed by atoms with van der Waals surface area (Å²) < 4.78 is 1.82. The van der Waals surface area contributed by atoms with Crippen LogP contribution in [0.3, 0.4) is 0 Å². The molecule has 3 rings (SSSR count). The molecule has 1 N–H and O–H groups in total. The van der Waals surface area contributed by atoms with Crippen molar-refractivity contribution in [2.24, 2.45) is 0 Å². The number of nitrogens with one attached hydrogen (secondary N) is 1. The average Bonchev–Trinajstić information content (AvgIpc) is 3.13. The first-order valence-electron chi connectivity index (χ1n) is 7.11. The van der Waals surface area contributed by atoms with E-state index in [1.54, 1.807) is 12.4 Å². The van der Waals surface area contributed by atoms with Crippen molar-refractivity contribution < 1.29 is 0 Å². The Balaban J connectivity index is 1.73. The smallest absolute Gasteiger partial charge is 0.293 e. The second-order valence-corrected chi connectivity index (χ2v) is 6.05. The fraction of sp³-hybridized carbons (Fsp3) is 0.714. The van der Waals surface area contributed by atoms with Crippen molar-refractivity contribution in [2.75, 3.05) is 26.0 Å². The molecule has 2 aliphatic carbocycles. The first-order chi connectivity index (χ1) is 9.12. The summed E-state index contributed by atoms with van der Waals surface area (Å²) in [6.07, 6.45) is 9.42. The number of aromatic nitrogens is 2. The highest BCUT2D eigenvalue weighted by molar-refractivity contribution is 5.32. The minimum absolute atomic E-state index is 0.0261. The van der Waals surface area contributed by atoms with Crippen molar-refractivity contribution in [3.8, 4) is 0 Å². The molecule has 1 aromatic heterocycles. The molecule has 1 aromatic rings. The first kappa shape index (κ1) is 12.7. The van der Waals surface area contributed by atoms with E-state index in [0.717, 1.165) is 19.4 Å². The maximum atomic E-state index is 12.3. The summed E-state index contributed by atoms with van der Waals surface area (Å²) in [5, 5.41) is 3.27. The van der Waals surface area contributed by atoms with Gasteiger partial charge in [-0.25, -0.2) is 4.98 Å². The van der Waals surface area contributed by atoms with E-state index in [9.17, 15) is 4.79 Å². The zero-order chi connectivity index (χ0) is 13.5. The van der Waals surface area contributed by atoms with Gasteiger partial charge in [0.25, 0.3) is 5.56 Å². The molecule has 0 atom stereocenters. The van der Waals surface area contributed by atoms with Gasteiger partial charge < -0.3 is 14.8 Å². The van der Waals surface area contributed by atoms with Gasteiger partial charge in [0.05, 0.1) is 0 Å². The monoisotopic (exact) mass is 262 g/mol. The van der Waals surface area contributed by atoms with Gasteiger partial charge in [-0.15, -0.1) is 0 Å². The van der Waals surface area contributed by atoms with Gasteiger partial charge in [-0.1, -0.05) is 0 Å². The Morgan fingerprint density at radius 3 is 2.74 bits per heavy atom. The summed E-state index contributed by atoms with van der Waals surface area (Å²) in [6, 6.07) is 0.405. The van der Waals surface area contributed by atoms with E-state index in [4.69, 9.17) is 0 Å². The Kier molecular flexibility index (Phi) is 3.09. The molecule has 0 bridgehead atoms. The van der Waals surface area contributed by atoms with Gasteiger partial charge in [-0.3, -0.25) is 4.79 Å². The van der Waals surface area contributed by atoms with Gasteiger partial charge in [0.1, 0.15) is 0 Å². The van der Waals surface area contributed by atoms with E-state index in [2.05, 4.69) is 29.3 Å². The van der Waals surface area contributed by atoms with Crippen LogP contribution >= 0.6 is 0 Å². The molecule has 19 heavy (non-hydrogen) atoms. The maximum absolute atomic E-state index is 12.3. The third-order valence-electron chi connectivity index (χ3n) is 4.63. The van der Waals surface area contributed by atoms with Crippen LogP contribution in [0.2, 0.25) is 0 Å². The first-order valence-corrected chi connectivity index (χ1v) is 7.11. The highest BCUT2D eigenvalue weighted by Crippen LogP contribution is 2.36. The van der Waals surface area contributed by atoms with Crippen molar-refractivity contribution in [1.82, 2.24) is 14.5 Å². The molecule has 2 fully saturated rings. The van der Waals surface area contributed by atoms with Gasteiger partial charge in [0, 0.05) is 30.5 Å². The molecule has 0 unspecified atom stereocenters. The Hall–Kier alpha value is -1.36. The van der Waals surface area contributed by atoms with Crippen molar-refractivity contribution in [3.63, 3.8) is 0 Å². The number of rotatable bonds is 5. The summed E-state index contributed by atoms with van der Waals surface area (Å²) in [6.45, 7) is 0.802. The largest absolute Gasteiger partial charge is 0.364 e. The standard InChI is InChI=1S/C14H22N4O/c1-17(2)14(6-3-7-14)10-16-12-13(19)18(9-8-15-12)11-4-5-11/h8-9,11H,3-7,10H2,1-2H3,(H,15,16). The molecule has 0 radical (unpaired) electrons. The van der Waals surface area contributed by atoms with Crippen molar-refractivity contribution in [3.05, 3.63) is 22.7 Å². The van der Waals surface area contributed by atoms with Crippen LogP contribution in [0.1, 0.15) is 38.1 Å². The van der Waals surface area contributed by atoms with E-state index in [1.807, 2.05) is 4.57 Å². The van der Waals surface area contributed by atoms with Crippen LogP contribution in [0, 0.1) is 0 Å². The second kappa shape index (κ2) is 4.63. The molecule has 1 heterocycles. The van der Waals surface area contributed by atoms with Crippen LogP contribution < -0.4 is 10.9 Å². The summed E-state index contributed by atoms with van der Waals surface area (Å²) >= 11 is 0. The number of hydrogen-bond acceptors (Lipinski definition) is 4. The van der Waals surface area contributed by atoms with Crippen molar-refractivity contribution in [1.29, 1.82) is 0 Å². The molecule has 0 spiro atoms. The summed E-state index contributed by atoms with van der Waals surface area (Å²) in [7, 11) is 4.23. The Labute approximate surface area is 113 Å². The molecule has 5 nitrogen and oxygen atoms in total. The molecule has 0 saturated heterocycles. The van der Waals surface area contributed by atoms with Crippen LogP contribution in [-0.2, 0) is 0 Å². The molecular weight excluding hydrogens is 240 g/mol. The van der Waals surface area contributed by atoms with E-state index in [-0.39, 0.29) is 11.1 Å². The maximum Gasteiger partial charge on any atom is 0.293 e. The third kappa shape index (κ3) is 2.27. The van der Waals surface area contributed by atoms with Gasteiger partial charge in [-0.05, 0) is 46.2 Å². The Morgan fingerprint density at radius 2 is 2.21 bits per heavy atom. The lowest BCUT2D eigenvalue weighted by Crippen LogP contribution is -2.55. The highest BCUT2D eigenvalue weighted by atomic mass is 16.1. The molecule has 104 valence electrons. The normalized spacial score (nSPS) is 21.2. The minimum Gasteiger partial charge on any atom is -0.364 e. The lowest BCUT2D eigenvalue weighted by Gasteiger charge is -2.47. The molecule has 5 heteroatoms. The average molecular weight is 262 g/mol. The summed E-state index contributed by atoms with van der Waals surface area (Å²) in [4.78, 5) is 18.7. The SMILES string of the molecule is CN(C)C1(CNc2nccn(C3CC3)c2=O)CCC1. The van der Waals surface area contributed by atoms with E-state index < -0.39 is 0 Å². The van der Waals surface area contributed by atoms with Crippen LogP contribution in [0.25, 0.3) is 0 Å². The molecule has 2 aliphatic rings. The number of anilines is 1. The predicted octanol–water partition coefficient (Wildman–Crippen LogP) is 1.47. The molecule has 2 saturated carbocycles. The van der Waals surface area contributed by atoms with Crippen molar-refractivity contribution >= 4 is 5.82 Å². The van der Waals surface area contributed by atoms with Gasteiger partial charge >= 0.3 is 0 Å². The van der Waals surface area contributed by atoms with Gasteiger partial charge in [0.15, 0.2) is 5.82 Å². The minimum atomic E-state index is 0.0261. The number of likely N-dealkylation sites (N-methyl/N-ethyl adjacent to an activating group) is 1. The topological polar surface area (TPSA) is 50.2 Å². The fourth-order valence-corrected chi connectivity index (χ4v) is 2.80. The summed E-state index contributed by atoms with van der Waals surface area (Å²) in [5.41, 5.74) is 0.229. The van der Waals surface area contributed by atoms with E-state index in [0.29, 0.717) is 11.9 Å². The van der Waals surface area contributed by atoms with Crippen molar-refractivity contribution in [2.45, 2.75) is 43.7 Å². The Bertz CT molecular complexity index is 514. The van der Waals surface area contributed by atoms with Crippen LogP contribution in [0.4, 0.5) is 5.82 Å². The van der Waals surface area contributed by atoms with Crippen LogP contribution in [0.5, 0.6) is 0 Å². The third-order valence-corrected chi connectivity index (χ3v) is 4.63. The summed E-state index contributed by atoms with van der Waals surface area (Å²) in [5.74, 6) is 0.502. The van der Waals surface area contributed by atoms with Crippen LogP contribution in [0.15, 0.2) is 17.2 Å². The molecular formula is C14H22N4O. The van der Waals surface area contributed by atoms with Crippen LogP contribution in [-0.4, -0.2) is 40.6 Å². The van der Waals surface area contributed by atoms with E-state index in [1.165, 1.54) is 19.3 Å². The second-order valence-electron chi connectivity index (χ2n) is 6.05. The Morgan fingerprint density at radius 1 is 1.47 bits per heavy atom. The zero-order valence-electron chi connectivity index (χ0n) is 11.7. The molecule has 0 aromatic carbocycles. The lowest BCUT2D eigenvalue weighted by molar-refractivity contribution is 0.0738. The van der Waals surface area contributed by atoms with Gasteiger partial charge in [-0.2, -0.15) is 0 Å². The lowest BCUT2D eigenvalue weighted by atomic mass is 9.75. The predicted molar refractivity (Wildman–Crippen MR) is 75.5 cm³/mol. The number of nitrogens with zero attached hydrogens (tertiary/aromatic N) is 3. The van der Waals surface area contributed by atoms with Gasteiger partial charge in [0.2, 0.25) is 0 Å². The zero-order valence-corrected chi connectivity index (χ0v) is 11.7. The fourth-order valence-electron chi connectivity index (χ4n) is 2.80. The van der Waals surface area contributed by atoms with E-state index >= 15 is 0 Å². The highest BCUT2D eigenvalue weighted by Gasteiger charge is 2.39. The molecule has 0 aliphatic heterocycles. The molecule has 0 amide bonds. The number of hydrogen-bond donors (Lipinski definition) is 1.